The quantitative estimate of drug-likeness (QED) is 0.519. The van der Waals surface area contributed by atoms with E-state index in [1.807, 2.05) is 0 Å². The molecule has 1 aromatic heterocycles. The molecule has 0 spiro atoms. The molecular formula is C6H7FN2O3S. The third-order valence-corrected chi connectivity index (χ3v) is 1.86. The molecule has 13 heavy (non-hydrogen) atoms. The zero-order valence-electron chi connectivity index (χ0n) is 6.98. The second kappa shape index (κ2) is 3.25. The van der Waals surface area contributed by atoms with Crippen molar-refractivity contribution in [1.82, 2.24) is 9.97 Å². The van der Waals surface area contributed by atoms with Crippen LogP contribution in [0.3, 0.4) is 0 Å². The van der Waals surface area contributed by atoms with Gasteiger partial charge >= 0.3 is 10.2 Å². The summed E-state index contributed by atoms with van der Waals surface area (Å²) in [4.78, 5) is 6.73. The van der Waals surface area contributed by atoms with Crippen LogP contribution in [0, 0.1) is 6.92 Å². The standard InChI is InChI=1S/C6H7FN2O3S/c1-4-3-5(12-2)9-6(8-4)13(7,10)11/h3H,1-2H3. The zero-order chi connectivity index (χ0) is 10.1. The van der Waals surface area contributed by atoms with E-state index in [1.54, 1.807) is 0 Å². The average Bonchev–Trinajstić information content (AvgIpc) is 2.01. The lowest BCUT2D eigenvalue weighted by atomic mass is 10.4. The number of methoxy groups -OCH3 is 1. The summed E-state index contributed by atoms with van der Waals surface area (Å²) in [6, 6.07) is 1.40. The summed E-state index contributed by atoms with van der Waals surface area (Å²) in [6.07, 6.45) is 0. The molecule has 0 aliphatic heterocycles. The molecule has 0 unspecified atom stereocenters. The van der Waals surface area contributed by atoms with Crippen molar-refractivity contribution in [3.05, 3.63) is 11.8 Å². The molecule has 1 heterocycles. The van der Waals surface area contributed by atoms with Gasteiger partial charge in [0, 0.05) is 11.8 Å². The Morgan fingerprint density at radius 3 is 2.54 bits per heavy atom. The first-order valence-electron chi connectivity index (χ1n) is 3.28. The minimum atomic E-state index is -4.86. The molecule has 72 valence electrons. The Morgan fingerprint density at radius 1 is 1.46 bits per heavy atom. The van der Waals surface area contributed by atoms with Crippen molar-refractivity contribution in [2.75, 3.05) is 7.11 Å². The van der Waals surface area contributed by atoms with Gasteiger partial charge in [-0.25, -0.2) is 4.98 Å². The summed E-state index contributed by atoms with van der Waals surface area (Å²) in [6.45, 7) is 1.51. The first-order valence-corrected chi connectivity index (χ1v) is 4.66. The van der Waals surface area contributed by atoms with Gasteiger partial charge in [0.2, 0.25) is 5.88 Å². The topological polar surface area (TPSA) is 69.2 Å². The zero-order valence-corrected chi connectivity index (χ0v) is 7.80. The van der Waals surface area contributed by atoms with Crippen LogP contribution in [0.15, 0.2) is 11.2 Å². The van der Waals surface area contributed by atoms with Crippen LogP contribution in [0.25, 0.3) is 0 Å². The Morgan fingerprint density at radius 2 is 2.08 bits per heavy atom. The van der Waals surface area contributed by atoms with Gasteiger partial charge in [-0.05, 0) is 6.92 Å². The second-order valence-electron chi connectivity index (χ2n) is 2.27. The molecule has 0 N–H and O–H groups in total. The van der Waals surface area contributed by atoms with Gasteiger partial charge in [0.15, 0.2) is 0 Å². The number of ether oxygens (including phenoxy) is 1. The van der Waals surface area contributed by atoms with E-state index in [4.69, 9.17) is 0 Å². The summed E-state index contributed by atoms with van der Waals surface area (Å²) in [7, 11) is -3.56. The minimum Gasteiger partial charge on any atom is -0.481 e. The number of aromatic nitrogens is 2. The summed E-state index contributed by atoms with van der Waals surface area (Å²) < 4.78 is 37.9. The van der Waals surface area contributed by atoms with Crippen LogP contribution in [0.4, 0.5) is 3.89 Å². The Balaban J connectivity index is 3.33. The Labute approximate surface area is 74.8 Å². The molecule has 0 bridgehead atoms. The Hall–Kier alpha value is -1.24. The van der Waals surface area contributed by atoms with E-state index < -0.39 is 15.4 Å². The highest BCUT2D eigenvalue weighted by molar-refractivity contribution is 7.86. The number of nitrogens with zero attached hydrogens (tertiary/aromatic N) is 2. The van der Waals surface area contributed by atoms with Crippen LogP contribution < -0.4 is 4.74 Å². The normalized spacial score (nSPS) is 11.3. The van der Waals surface area contributed by atoms with E-state index >= 15 is 0 Å². The summed E-state index contributed by atoms with van der Waals surface area (Å²) in [5, 5.41) is -0.871. The van der Waals surface area contributed by atoms with Crippen LogP contribution in [0.2, 0.25) is 0 Å². The number of rotatable bonds is 2. The van der Waals surface area contributed by atoms with E-state index in [1.165, 1.54) is 20.1 Å². The highest BCUT2D eigenvalue weighted by atomic mass is 32.3. The number of halogens is 1. The van der Waals surface area contributed by atoms with Crippen molar-refractivity contribution in [2.24, 2.45) is 0 Å². The maximum atomic E-state index is 12.4. The van der Waals surface area contributed by atoms with Crippen molar-refractivity contribution in [1.29, 1.82) is 0 Å². The number of aryl methyl sites for hydroxylation is 1. The van der Waals surface area contributed by atoms with E-state index in [-0.39, 0.29) is 5.88 Å². The third kappa shape index (κ3) is 2.35. The van der Waals surface area contributed by atoms with E-state index in [2.05, 4.69) is 14.7 Å². The molecule has 0 aliphatic rings. The Kier molecular flexibility index (Phi) is 2.46. The summed E-state index contributed by atoms with van der Waals surface area (Å²) >= 11 is 0. The monoisotopic (exact) mass is 206 g/mol. The Bertz CT molecular complexity index is 418. The van der Waals surface area contributed by atoms with Gasteiger partial charge < -0.3 is 4.74 Å². The molecule has 0 fully saturated rings. The van der Waals surface area contributed by atoms with E-state index in [0.29, 0.717) is 5.69 Å². The van der Waals surface area contributed by atoms with Gasteiger partial charge in [0.1, 0.15) is 0 Å². The average molecular weight is 206 g/mol. The molecule has 0 saturated heterocycles. The lowest BCUT2D eigenvalue weighted by molar-refractivity contribution is 0.389. The fourth-order valence-corrected chi connectivity index (χ4v) is 1.18. The SMILES string of the molecule is COc1cc(C)nc(S(=O)(=O)F)n1. The lowest BCUT2D eigenvalue weighted by Crippen LogP contribution is -2.03. The van der Waals surface area contributed by atoms with Gasteiger partial charge in [0.05, 0.1) is 7.11 Å². The number of hydrogen-bond donors (Lipinski definition) is 0. The van der Waals surface area contributed by atoms with Crippen LogP contribution in [0.1, 0.15) is 5.69 Å². The maximum absolute atomic E-state index is 12.4. The molecular weight excluding hydrogens is 199 g/mol. The maximum Gasteiger partial charge on any atom is 0.368 e. The van der Waals surface area contributed by atoms with Gasteiger partial charge in [-0.1, -0.05) is 3.89 Å². The van der Waals surface area contributed by atoms with Crippen molar-refractivity contribution in [2.45, 2.75) is 12.1 Å². The largest absolute Gasteiger partial charge is 0.481 e. The van der Waals surface area contributed by atoms with Crippen LogP contribution in [0.5, 0.6) is 5.88 Å². The molecule has 0 aromatic carbocycles. The number of hydrogen-bond acceptors (Lipinski definition) is 5. The van der Waals surface area contributed by atoms with Crippen LogP contribution >= 0.6 is 0 Å². The van der Waals surface area contributed by atoms with Crippen LogP contribution in [-0.2, 0) is 10.2 Å². The molecule has 1 aromatic rings. The molecule has 0 aliphatic carbocycles. The van der Waals surface area contributed by atoms with Crippen LogP contribution in [-0.4, -0.2) is 25.5 Å². The molecule has 0 saturated carbocycles. The third-order valence-electron chi connectivity index (χ3n) is 1.24. The highest BCUT2D eigenvalue weighted by Crippen LogP contribution is 2.13. The highest BCUT2D eigenvalue weighted by Gasteiger charge is 2.17. The molecule has 0 radical (unpaired) electrons. The predicted octanol–water partition coefficient (Wildman–Crippen LogP) is 0.452. The first-order chi connectivity index (χ1) is 5.93. The summed E-state index contributed by atoms with van der Waals surface area (Å²) in [5.41, 5.74) is 0.322. The fraction of sp³-hybridized carbons (Fsp3) is 0.333. The van der Waals surface area contributed by atoms with Gasteiger partial charge in [-0.2, -0.15) is 13.4 Å². The molecule has 0 atom stereocenters. The molecule has 7 heteroatoms. The smallest absolute Gasteiger partial charge is 0.368 e. The van der Waals surface area contributed by atoms with E-state index in [9.17, 15) is 12.3 Å². The van der Waals surface area contributed by atoms with Gasteiger partial charge in [-0.3, -0.25) is 0 Å². The fourth-order valence-electron chi connectivity index (χ4n) is 0.727. The first kappa shape index (κ1) is 9.85. The van der Waals surface area contributed by atoms with Gasteiger partial charge in [0.25, 0.3) is 5.16 Å². The van der Waals surface area contributed by atoms with Crippen molar-refractivity contribution in [3.63, 3.8) is 0 Å². The summed E-state index contributed by atoms with van der Waals surface area (Å²) in [5.74, 6) is 0.0173. The van der Waals surface area contributed by atoms with Crippen molar-refractivity contribution < 1.29 is 17.0 Å². The van der Waals surface area contributed by atoms with E-state index in [0.717, 1.165) is 0 Å². The van der Waals surface area contributed by atoms with Crippen molar-refractivity contribution >= 4 is 10.2 Å². The molecule has 0 amide bonds. The minimum absolute atomic E-state index is 0.0173. The van der Waals surface area contributed by atoms with Crippen molar-refractivity contribution in [3.8, 4) is 5.88 Å². The van der Waals surface area contributed by atoms with Gasteiger partial charge in [-0.15, -0.1) is 0 Å². The second-order valence-corrected chi connectivity index (χ2v) is 3.51. The predicted molar refractivity (Wildman–Crippen MR) is 41.6 cm³/mol. The molecule has 5 nitrogen and oxygen atoms in total. The molecule has 1 rings (SSSR count). The lowest BCUT2D eigenvalue weighted by Gasteiger charge is -2.00.